The standard InChI is InChI=1S/C28H23IN4O8/c1-15-4-5-16(2)22(10-15)30-24(34)14-41-25-21(29)12-17(13-23(25)40-3)11-20-26(35)31-28(37)32(27(20)36)18-6-8-19(9-7-18)33(38)39/h4-13H,14H2,1-3H3,(H,30,34)(H,31,35,37)/b20-11-. The Morgan fingerprint density at radius 2 is 1.80 bits per heavy atom. The van der Waals surface area contributed by atoms with Gasteiger partial charge in [-0.05, 0) is 89.5 Å². The van der Waals surface area contributed by atoms with Crippen molar-refractivity contribution in [2.45, 2.75) is 13.8 Å². The van der Waals surface area contributed by atoms with Gasteiger partial charge in [-0.2, -0.15) is 0 Å². The van der Waals surface area contributed by atoms with Gasteiger partial charge in [0.1, 0.15) is 5.57 Å². The van der Waals surface area contributed by atoms with Crippen LogP contribution < -0.4 is 25.0 Å². The highest BCUT2D eigenvalue weighted by Crippen LogP contribution is 2.35. The molecule has 5 amide bonds. The summed E-state index contributed by atoms with van der Waals surface area (Å²) < 4.78 is 11.7. The first-order chi connectivity index (χ1) is 19.5. The molecule has 210 valence electrons. The molecule has 1 aliphatic heterocycles. The Morgan fingerprint density at radius 3 is 2.46 bits per heavy atom. The van der Waals surface area contributed by atoms with Crippen molar-refractivity contribution in [2.24, 2.45) is 0 Å². The second-order valence-corrected chi connectivity index (χ2v) is 10.1. The number of imide groups is 2. The van der Waals surface area contributed by atoms with Gasteiger partial charge in [0.25, 0.3) is 23.4 Å². The highest BCUT2D eigenvalue weighted by Gasteiger charge is 2.37. The molecule has 1 fully saturated rings. The van der Waals surface area contributed by atoms with Crippen LogP contribution in [0.15, 0.2) is 60.2 Å². The summed E-state index contributed by atoms with van der Waals surface area (Å²) >= 11 is 1.97. The summed E-state index contributed by atoms with van der Waals surface area (Å²) in [4.78, 5) is 61.8. The van der Waals surface area contributed by atoms with Gasteiger partial charge in [-0.15, -0.1) is 0 Å². The summed E-state index contributed by atoms with van der Waals surface area (Å²) in [6, 6.07) is 12.6. The van der Waals surface area contributed by atoms with Crippen molar-refractivity contribution in [3.8, 4) is 11.5 Å². The van der Waals surface area contributed by atoms with Gasteiger partial charge in [-0.3, -0.25) is 29.8 Å². The molecule has 0 saturated carbocycles. The fraction of sp³-hybridized carbons (Fsp3) is 0.143. The molecule has 0 atom stereocenters. The quantitative estimate of drug-likeness (QED) is 0.117. The fourth-order valence-electron chi connectivity index (χ4n) is 3.94. The number of rotatable bonds is 8. The molecule has 1 aliphatic rings. The van der Waals surface area contributed by atoms with Gasteiger partial charge in [-0.25, -0.2) is 9.69 Å². The van der Waals surface area contributed by atoms with E-state index in [1.54, 1.807) is 6.07 Å². The van der Waals surface area contributed by atoms with E-state index in [0.717, 1.165) is 23.3 Å². The minimum absolute atomic E-state index is 0.0477. The van der Waals surface area contributed by atoms with Crippen molar-refractivity contribution >= 4 is 69.5 Å². The van der Waals surface area contributed by atoms with Crippen LogP contribution in [0.2, 0.25) is 0 Å². The predicted molar refractivity (Wildman–Crippen MR) is 158 cm³/mol. The van der Waals surface area contributed by atoms with Crippen LogP contribution >= 0.6 is 22.6 Å². The number of nitrogens with one attached hydrogen (secondary N) is 2. The number of benzene rings is 3. The van der Waals surface area contributed by atoms with E-state index in [0.29, 0.717) is 19.7 Å². The highest BCUT2D eigenvalue weighted by atomic mass is 127. The van der Waals surface area contributed by atoms with Gasteiger partial charge < -0.3 is 14.8 Å². The molecule has 0 aromatic heterocycles. The van der Waals surface area contributed by atoms with E-state index >= 15 is 0 Å². The Kier molecular flexibility index (Phi) is 8.66. The SMILES string of the molecule is COc1cc(/C=C2/C(=O)NC(=O)N(c3ccc([N+](=O)[O-])cc3)C2=O)cc(I)c1OCC(=O)Nc1cc(C)ccc1C. The molecule has 0 radical (unpaired) electrons. The largest absolute Gasteiger partial charge is 0.493 e. The Labute approximate surface area is 247 Å². The Morgan fingerprint density at radius 1 is 1.10 bits per heavy atom. The first kappa shape index (κ1) is 29.2. The third-order valence-electron chi connectivity index (χ3n) is 6.00. The van der Waals surface area contributed by atoms with Gasteiger partial charge in [0, 0.05) is 17.8 Å². The second kappa shape index (κ2) is 12.2. The molecule has 1 saturated heterocycles. The van der Waals surface area contributed by atoms with Crippen molar-refractivity contribution in [3.63, 3.8) is 0 Å². The van der Waals surface area contributed by atoms with Gasteiger partial charge in [0.2, 0.25) is 0 Å². The second-order valence-electron chi connectivity index (χ2n) is 8.92. The van der Waals surface area contributed by atoms with E-state index in [-0.39, 0.29) is 41.0 Å². The smallest absolute Gasteiger partial charge is 0.335 e. The number of carbonyl (C=O) groups excluding carboxylic acids is 4. The average molecular weight is 670 g/mol. The van der Waals surface area contributed by atoms with Crippen LogP contribution in [-0.2, 0) is 14.4 Å². The molecule has 0 unspecified atom stereocenters. The van der Waals surface area contributed by atoms with Crippen LogP contribution in [0.5, 0.6) is 11.5 Å². The molecule has 2 N–H and O–H groups in total. The summed E-state index contributed by atoms with van der Waals surface area (Å²) in [5.41, 5.74) is 2.45. The average Bonchev–Trinajstić information content (AvgIpc) is 2.92. The summed E-state index contributed by atoms with van der Waals surface area (Å²) in [5.74, 6) is -1.66. The van der Waals surface area contributed by atoms with E-state index < -0.39 is 22.8 Å². The van der Waals surface area contributed by atoms with Crippen LogP contribution in [0.4, 0.5) is 21.9 Å². The minimum atomic E-state index is -0.985. The van der Waals surface area contributed by atoms with Crippen LogP contribution in [0.1, 0.15) is 16.7 Å². The summed E-state index contributed by atoms with van der Waals surface area (Å²) in [6.07, 6.45) is 1.28. The molecule has 0 spiro atoms. The molecular weight excluding hydrogens is 647 g/mol. The highest BCUT2D eigenvalue weighted by molar-refractivity contribution is 14.1. The van der Waals surface area contributed by atoms with Crippen molar-refractivity contribution in [3.05, 3.63) is 90.5 Å². The normalized spacial score (nSPS) is 14.1. The lowest BCUT2D eigenvalue weighted by atomic mass is 10.1. The lowest BCUT2D eigenvalue weighted by molar-refractivity contribution is -0.384. The zero-order valence-electron chi connectivity index (χ0n) is 22.0. The topological polar surface area (TPSA) is 157 Å². The van der Waals surface area contributed by atoms with Crippen LogP contribution in [0.25, 0.3) is 6.08 Å². The number of hydrogen-bond donors (Lipinski definition) is 2. The number of aryl methyl sites for hydroxylation is 2. The number of barbiturate groups is 1. The maximum atomic E-state index is 13.2. The number of halogens is 1. The van der Waals surface area contributed by atoms with Crippen molar-refractivity contribution in [1.29, 1.82) is 0 Å². The van der Waals surface area contributed by atoms with E-state index in [4.69, 9.17) is 9.47 Å². The Balaban J connectivity index is 1.56. The lowest BCUT2D eigenvalue weighted by Crippen LogP contribution is -2.54. The number of anilines is 2. The fourth-order valence-corrected chi connectivity index (χ4v) is 4.72. The number of methoxy groups -OCH3 is 1. The van der Waals surface area contributed by atoms with E-state index in [9.17, 15) is 29.3 Å². The molecule has 1 heterocycles. The number of amides is 5. The van der Waals surface area contributed by atoms with Gasteiger partial charge >= 0.3 is 6.03 Å². The Hall–Kier alpha value is -4.79. The molecule has 3 aromatic carbocycles. The molecular formula is C28H23IN4O8. The van der Waals surface area contributed by atoms with Gasteiger partial charge in [0.15, 0.2) is 18.1 Å². The van der Waals surface area contributed by atoms with Crippen LogP contribution in [0, 0.1) is 27.5 Å². The number of nitro benzene ring substituents is 1. The van der Waals surface area contributed by atoms with E-state index in [1.165, 1.54) is 31.4 Å². The zero-order valence-corrected chi connectivity index (χ0v) is 24.2. The predicted octanol–water partition coefficient (Wildman–Crippen LogP) is 4.51. The number of urea groups is 1. The third kappa shape index (κ3) is 6.51. The number of carbonyl (C=O) groups is 4. The van der Waals surface area contributed by atoms with Crippen LogP contribution in [-0.4, -0.2) is 42.4 Å². The van der Waals surface area contributed by atoms with Crippen molar-refractivity contribution in [2.75, 3.05) is 23.9 Å². The number of ether oxygens (including phenoxy) is 2. The summed E-state index contributed by atoms with van der Waals surface area (Å²) in [7, 11) is 1.40. The summed E-state index contributed by atoms with van der Waals surface area (Å²) in [5, 5.41) is 15.9. The molecule has 41 heavy (non-hydrogen) atoms. The number of nitrogens with zero attached hydrogens (tertiary/aromatic N) is 2. The van der Waals surface area contributed by atoms with E-state index in [2.05, 4.69) is 10.6 Å². The number of non-ortho nitro benzene ring substituents is 1. The zero-order chi connectivity index (χ0) is 29.8. The molecule has 3 aromatic rings. The maximum absolute atomic E-state index is 13.2. The monoisotopic (exact) mass is 670 g/mol. The first-order valence-electron chi connectivity index (χ1n) is 12.0. The molecule has 0 bridgehead atoms. The van der Waals surface area contributed by atoms with Crippen molar-refractivity contribution in [1.82, 2.24) is 5.32 Å². The molecule has 0 aliphatic carbocycles. The number of hydrogen-bond acceptors (Lipinski definition) is 8. The van der Waals surface area contributed by atoms with Gasteiger partial charge in [-0.1, -0.05) is 12.1 Å². The third-order valence-corrected chi connectivity index (χ3v) is 6.80. The summed E-state index contributed by atoms with van der Waals surface area (Å²) in [6.45, 7) is 3.51. The van der Waals surface area contributed by atoms with Crippen molar-refractivity contribution < 1.29 is 33.6 Å². The van der Waals surface area contributed by atoms with Gasteiger partial charge in [0.05, 0.1) is 21.3 Å². The lowest BCUT2D eigenvalue weighted by Gasteiger charge is -2.26. The minimum Gasteiger partial charge on any atom is -0.493 e. The van der Waals surface area contributed by atoms with Crippen LogP contribution in [0.3, 0.4) is 0 Å². The molecule has 4 rings (SSSR count). The van der Waals surface area contributed by atoms with E-state index in [1.807, 2.05) is 54.6 Å². The maximum Gasteiger partial charge on any atom is 0.335 e. The first-order valence-corrected chi connectivity index (χ1v) is 13.1. The molecule has 13 heteroatoms. The molecule has 12 nitrogen and oxygen atoms in total. The Bertz CT molecular complexity index is 1620. The number of nitro groups is 1.